The van der Waals surface area contributed by atoms with Crippen LogP contribution in [0.25, 0.3) is 0 Å². The van der Waals surface area contributed by atoms with Crippen LogP contribution in [-0.4, -0.2) is 41.6 Å². The molecule has 1 saturated heterocycles. The zero-order valence-corrected chi connectivity index (χ0v) is 12.9. The number of nitrogens with one attached hydrogen (secondary N) is 2. The van der Waals surface area contributed by atoms with Gasteiger partial charge in [-0.3, -0.25) is 0 Å². The average Bonchev–Trinajstić information content (AvgIpc) is 2.50. The van der Waals surface area contributed by atoms with Gasteiger partial charge in [0.1, 0.15) is 0 Å². The first-order chi connectivity index (χ1) is 10.3. The van der Waals surface area contributed by atoms with Crippen LogP contribution in [0.4, 0.5) is 17.8 Å². The molecule has 2 N–H and O–H groups in total. The van der Waals surface area contributed by atoms with Crippen molar-refractivity contribution in [2.24, 2.45) is 5.92 Å². The Balaban J connectivity index is 1.63. The molecule has 1 aliphatic carbocycles. The summed E-state index contributed by atoms with van der Waals surface area (Å²) in [5, 5.41) is 6.41. The van der Waals surface area contributed by atoms with Crippen molar-refractivity contribution in [3.05, 3.63) is 0 Å². The van der Waals surface area contributed by atoms with E-state index in [0.717, 1.165) is 31.5 Å². The first-order valence-corrected chi connectivity index (χ1v) is 8.28. The van der Waals surface area contributed by atoms with Crippen LogP contribution in [0.5, 0.6) is 0 Å². The molecule has 0 spiro atoms. The Labute approximate surface area is 126 Å². The molecule has 1 saturated carbocycles. The van der Waals surface area contributed by atoms with Crippen molar-refractivity contribution in [3.63, 3.8) is 0 Å². The highest BCUT2D eigenvalue weighted by atomic mass is 15.3. The molecule has 0 radical (unpaired) electrons. The molecular formula is C15H26N6. The molecule has 0 atom stereocenters. The Hall–Kier alpha value is -1.59. The molecule has 3 rings (SSSR count). The van der Waals surface area contributed by atoms with Gasteiger partial charge in [-0.1, -0.05) is 19.3 Å². The molecule has 116 valence electrons. The van der Waals surface area contributed by atoms with Crippen molar-refractivity contribution in [1.82, 2.24) is 15.0 Å². The van der Waals surface area contributed by atoms with Crippen LogP contribution in [0.2, 0.25) is 0 Å². The largest absolute Gasteiger partial charge is 0.357 e. The van der Waals surface area contributed by atoms with Gasteiger partial charge in [-0.25, -0.2) is 0 Å². The van der Waals surface area contributed by atoms with Crippen molar-refractivity contribution in [3.8, 4) is 0 Å². The Kier molecular flexibility index (Phi) is 4.72. The fraction of sp³-hybridized carbons (Fsp3) is 0.800. The monoisotopic (exact) mass is 290 g/mol. The lowest BCUT2D eigenvalue weighted by molar-refractivity contribution is 0.303. The number of anilines is 3. The van der Waals surface area contributed by atoms with E-state index in [4.69, 9.17) is 0 Å². The van der Waals surface area contributed by atoms with Crippen LogP contribution in [-0.2, 0) is 0 Å². The van der Waals surface area contributed by atoms with Gasteiger partial charge in [-0.05, 0) is 31.6 Å². The van der Waals surface area contributed by atoms with Gasteiger partial charge < -0.3 is 15.5 Å². The standard InChI is InChI=1S/C15H26N6/c1-16-13-18-14(17-9-8-12-6-5-7-12)20-15(19-13)21-10-3-2-4-11-21/h12H,2-11H2,1H3,(H2,16,17,18,19,20). The highest BCUT2D eigenvalue weighted by molar-refractivity contribution is 5.43. The van der Waals surface area contributed by atoms with Crippen molar-refractivity contribution in [1.29, 1.82) is 0 Å². The first kappa shape index (κ1) is 14.4. The minimum absolute atomic E-state index is 0.650. The molecule has 0 amide bonds. The molecule has 6 heteroatoms. The molecule has 1 aliphatic heterocycles. The highest BCUT2D eigenvalue weighted by Gasteiger charge is 2.18. The Morgan fingerprint density at radius 3 is 2.43 bits per heavy atom. The predicted octanol–water partition coefficient (Wildman–Crippen LogP) is 2.51. The van der Waals surface area contributed by atoms with E-state index in [-0.39, 0.29) is 0 Å². The molecule has 6 nitrogen and oxygen atoms in total. The maximum atomic E-state index is 4.60. The fourth-order valence-corrected chi connectivity index (χ4v) is 2.96. The molecule has 0 bridgehead atoms. The van der Waals surface area contributed by atoms with Crippen LogP contribution < -0.4 is 15.5 Å². The highest BCUT2D eigenvalue weighted by Crippen LogP contribution is 2.29. The second-order valence-corrected chi connectivity index (χ2v) is 6.09. The summed E-state index contributed by atoms with van der Waals surface area (Å²) in [5.74, 6) is 3.07. The number of aromatic nitrogens is 3. The van der Waals surface area contributed by atoms with E-state index >= 15 is 0 Å². The predicted molar refractivity (Wildman–Crippen MR) is 85.9 cm³/mol. The third-order valence-corrected chi connectivity index (χ3v) is 4.55. The zero-order valence-electron chi connectivity index (χ0n) is 12.9. The summed E-state index contributed by atoms with van der Waals surface area (Å²) >= 11 is 0. The molecule has 1 aromatic rings. The minimum atomic E-state index is 0.650. The number of hydrogen-bond donors (Lipinski definition) is 2. The van der Waals surface area contributed by atoms with Gasteiger partial charge >= 0.3 is 0 Å². The van der Waals surface area contributed by atoms with Crippen molar-refractivity contribution >= 4 is 17.8 Å². The van der Waals surface area contributed by atoms with E-state index in [1.807, 2.05) is 7.05 Å². The van der Waals surface area contributed by atoms with Gasteiger partial charge in [-0.2, -0.15) is 15.0 Å². The molecule has 2 aliphatic rings. The second-order valence-electron chi connectivity index (χ2n) is 6.09. The fourth-order valence-electron chi connectivity index (χ4n) is 2.96. The summed E-state index contributed by atoms with van der Waals surface area (Å²) in [6.45, 7) is 3.06. The van der Waals surface area contributed by atoms with E-state index in [1.165, 1.54) is 44.9 Å². The normalized spacial score (nSPS) is 19.2. The summed E-state index contributed by atoms with van der Waals surface area (Å²) in [6.07, 6.45) is 9.17. The quantitative estimate of drug-likeness (QED) is 0.839. The lowest BCUT2D eigenvalue weighted by Crippen LogP contribution is -2.31. The summed E-state index contributed by atoms with van der Waals surface area (Å²) in [5.41, 5.74) is 0. The van der Waals surface area contributed by atoms with E-state index < -0.39 is 0 Å². The van der Waals surface area contributed by atoms with Gasteiger partial charge in [0.05, 0.1) is 0 Å². The summed E-state index contributed by atoms with van der Waals surface area (Å²) in [4.78, 5) is 15.8. The van der Waals surface area contributed by atoms with E-state index in [9.17, 15) is 0 Å². The topological polar surface area (TPSA) is 66.0 Å². The zero-order chi connectivity index (χ0) is 14.5. The maximum Gasteiger partial charge on any atom is 0.231 e. The minimum Gasteiger partial charge on any atom is -0.357 e. The second kappa shape index (κ2) is 6.91. The van der Waals surface area contributed by atoms with Crippen molar-refractivity contribution in [2.45, 2.75) is 44.9 Å². The summed E-state index contributed by atoms with van der Waals surface area (Å²) < 4.78 is 0. The van der Waals surface area contributed by atoms with Crippen LogP contribution in [0.3, 0.4) is 0 Å². The molecule has 1 aromatic heterocycles. The van der Waals surface area contributed by atoms with Crippen LogP contribution in [0.15, 0.2) is 0 Å². The van der Waals surface area contributed by atoms with Gasteiger partial charge in [0.2, 0.25) is 17.8 Å². The van der Waals surface area contributed by atoms with Gasteiger partial charge in [0.15, 0.2) is 0 Å². The molecule has 21 heavy (non-hydrogen) atoms. The van der Waals surface area contributed by atoms with Crippen LogP contribution in [0, 0.1) is 5.92 Å². The molecule has 0 aromatic carbocycles. The molecule has 2 heterocycles. The number of nitrogens with zero attached hydrogens (tertiary/aromatic N) is 4. The number of piperidine rings is 1. The maximum absolute atomic E-state index is 4.60. The Morgan fingerprint density at radius 2 is 1.76 bits per heavy atom. The van der Waals surface area contributed by atoms with Gasteiger partial charge in [0.25, 0.3) is 0 Å². The summed E-state index contributed by atoms with van der Waals surface area (Å²) in [6, 6.07) is 0. The SMILES string of the molecule is CNc1nc(NCCC2CCC2)nc(N2CCCCC2)n1. The third kappa shape index (κ3) is 3.74. The third-order valence-electron chi connectivity index (χ3n) is 4.55. The lowest BCUT2D eigenvalue weighted by Gasteiger charge is -2.27. The van der Waals surface area contributed by atoms with E-state index in [1.54, 1.807) is 0 Å². The summed E-state index contributed by atoms with van der Waals surface area (Å²) in [7, 11) is 1.85. The Bertz CT molecular complexity index is 453. The lowest BCUT2D eigenvalue weighted by atomic mass is 9.83. The number of rotatable bonds is 6. The number of hydrogen-bond acceptors (Lipinski definition) is 6. The molecule has 0 unspecified atom stereocenters. The van der Waals surface area contributed by atoms with Gasteiger partial charge in [-0.15, -0.1) is 0 Å². The first-order valence-electron chi connectivity index (χ1n) is 8.28. The van der Waals surface area contributed by atoms with E-state index in [0.29, 0.717) is 11.9 Å². The molecule has 2 fully saturated rings. The molecular weight excluding hydrogens is 264 g/mol. The van der Waals surface area contributed by atoms with Crippen molar-refractivity contribution < 1.29 is 0 Å². The van der Waals surface area contributed by atoms with Crippen LogP contribution >= 0.6 is 0 Å². The smallest absolute Gasteiger partial charge is 0.231 e. The Morgan fingerprint density at radius 1 is 1.00 bits per heavy atom. The average molecular weight is 290 g/mol. The van der Waals surface area contributed by atoms with Crippen LogP contribution in [0.1, 0.15) is 44.9 Å². The van der Waals surface area contributed by atoms with E-state index in [2.05, 4.69) is 30.5 Å². The van der Waals surface area contributed by atoms with Gasteiger partial charge in [0, 0.05) is 26.7 Å². The van der Waals surface area contributed by atoms with Crippen molar-refractivity contribution in [2.75, 3.05) is 42.2 Å².